The summed E-state index contributed by atoms with van der Waals surface area (Å²) in [7, 11) is 0. The number of carbonyl (C=O) groups is 3. The van der Waals surface area contributed by atoms with Gasteiger partial charge in [-0.2, -0.15) is 0 Å². The van der Waals surface area contributed by atoms with Crippen molar-refractivity contribution in [1.82, 2.24) is 20.9 Å². The molecule has 2 atom stereocenters. The van der Waals surface area contributed by atoms with Crippen molar-refractivity contribution in [2.45, 2.75) is 75.8 Å². The highest BCUT2D eigenvalue weighted by atomic mass is 16.2. The van der Waals surface area contributed by atoms with Crippen molar-refractivity contribution in [2.75, 3.05) is 32.7 Å². The van der Waals surface area contributed by atoms with E-state index in [-0.39, 0.29) is 43.5 Å². The molecule has 1 heterocycles. The molecule has 2 aliphatic rings. The van der Waals surface area contributed by atoms with Crippen LogP contribution in [0, 0.1) is 11.8 Å². The average molecular weight is 652 g/mol. The zero-order valence-corrected chi connectivity index (χ0v) is 28.2. The molecule has 48 heavy (non-hydrogen) atoms. The number of amides is 3. The van der Waals surface area contributed by atoms with Crippen molar-refractivity contribution in [3.05, 3.63) is 108 Å². The van der Waals surface area contributed by atoms with Gasteiger partial charge in [0, 0.05) is 39.0 Å². The number of carbonyl (C=O) groups excluding carboxylic acids is 3. The second-order valence-electron chi connectivity index (χ2n) is 13.7. The summed E-state index contributed by atoms with van der Waals surface area (Å²) in [5.74, 6) is 0.676. The molecular weight excluding hydrogens is 598 g/mol. The van der Waals surface area contributed by atoms with E-state index in [0.29, 0.717) is 12.5 Å². The molecule has 3 aromatic rings. The number of nitrogens with two attached hydrogens (primary N) is 1. The monoisotopic (exact) mass is 651 g/mol. The second-order valence-corrected chi connectivity index (χ2v) is 13.7. The Kier molecular flexibility index (Phi) is 13.2. The zero-order valence-electron chi connectivity index (χ0n) is 28.2. The van der Waals surface area contributed by atoms with Gasteiger partial charge in [0.1, 0.15) is 5.54 Å². The molecule has 1 aliphatic carbocycles. The molecule has 3 amide bonds. The Morgan fingerprint density at radius 3 is 1.85 bits per heavy atom. The van der Waals surface area contributed by atoms with Crippen LogP contribution in [0.2, 0.25) is 0 Å². The number of nitrogens with zero attached hydrogens (tertiary/aromatic N) is 1. The lowest BCUT2D eigenvalue weighted by molar-refractivity contribution is -0.124. The summed E-state index contributed by atoms with van der Waals surface area (Å²) in [6, 6.07) is 28.8. The summed E-state index contributed by atoms with van der Waals surface area (Å²) in [6.45, 7) is 4.31. The Hall–Kier alpha value is -4.01. The highest BCUT2D eigenvalue weighted by molar-refractivity contribution is 5.84. The van der Waals surface area contributed by atoms with Gasteiger partial charge in [0.25, 0.3) is 0 Å². The van der Waals surface area contributed by atoms with Gasteiger partial charge < -0.3 is 26.6 Å². The Balaban J connectivity index is 1.07. The van der Waals surface area contributed by atoms with Crippen molar-refractivity contribution in [1.29, 1.82) is 0 Å². The number of hydrogen-bond acceptors (Lipinski definition) is 5. The molecule has 0 bridgehead atoms. The predicted molar refractivity (Wildman–Crippen MR) is 191 cm³/mol. The molecular formula is C40H53N5O3. The third-order valence-corrected chi connectivity index (χ3v) is 10.0. The molecule has 1 aliphatic heterocycles. The Labute approximate surface area is 286 Å². The fraction of sp³-hybridized carbons (Fsp3) is 0.475. The molecule has 5 N–H and O–H groups in total. The largest absolute Gasteiger partial charge is 0.356 e. The fourth-order valence-corrected chi connectivity index (χ4v) is 7.47. The maximum absolute atomic E-state index is 13.6. The fourth-order valence-electron chi connectivity index (χ4n) is 7.47. The molecule has 8 nitrogen and oxygen atoms in total. The first kappa shape index (κ1) is 35.3. The molecule has 3 aromatic carbocycles. The molecule has 2 fully saturated rings. The Morgan fingerprint density at radius 2 is 1.27 bits per heavy atom. The first-order valence-corrected chi connectivity index (χ1v) is 17.9. The van der Waals surface area contributed by atoms with Crippen LogP contribution >= 0.6 is 0 Å². The Bertz CT molecular complexity index is 1330. The van der Waals surface area contributed by atoms with Crippen LogP contribution in [0.4, 0.5) is 0 Å². The topological polar surface area (TPSA) is 117 Å². The maximum atomic E-state index is 13.6. The van der Waals surface area contributed by atoms with Crippen molar-refractivity contribution in [2.24, 2.45) is 17.6 Å². The van der Waals surface area contributed by atoms with Crippen LogP contribution in [-0.4, -0.2) is 61.4 Å². The summed E-state index contributed by atoms with van der Waals surface area (Å²) in [5, 5.41) is 9.18. The quantitative estimate of drug-likeness (QED) is 0.170. The van der Waals surface area contributed by atoms with Crippen molar-refractivity contribution in [3.8, 4) is 0 Å². The first-order chi connectivity index (χ1) is 23.4. The van der Waals surface area contributed by atoms with Crippen LogP contribution in [-0.2, 0) is 19.9 Å². The van der Waals surface area contributed by atoms with Gasteiger partial charge in [-0.3, -0.25) is 14.4 Å². The van der Waals surface area contributed by atoms with Crippen LogP contribution in [0.3, 0.4) is 0 Å². The van der Waals surface area contributed by atoms with Crippen molar-refractivity contribution >= 4 is 17.7 Å². The van der Waals surface area contributed by atoms with E-state index < -0.39 is 11.6 Å². The minimum Gasteiger partial charge on any atom is -0.356 e. The lowest BCUT2D eigenvalue weighted by Gasteiger charge is -2.37. The SMILES string of the molecule is N[C@@H](CCC(=O)NC(c1ccccc1)(c1ccccc1)c1ccccc1)C(=O)NCCC(=O)NC[C@H]1CCCN(CC2CCCCC2)C1. The maximum Gasteiger partial charge on any atom is 0.236 e. The van der Waals surface area contributed by atoms with Crippen molar-refractivity contribution in [3.63, 3.8) is 0 Å². The third kappa shape index (κ3) is 9.77. The van der Waals surface area contributed by atoms with E-state index in [4.69, 9.17) is 5.73 Å². The molecule has 5 rings (SSSR count). The van der Waals surface area contributed by atoms with Gasteiger partial charge in [0.15, 0.2) is 0 Å². The van der Waals surface area contributed by atoms with Crippen LogP contribution in [0.5, 0.6) is 0 Å². The normalized spacial score (nSPS) is 18.1. The van der Waals surface area contributed by atoms with E-state index in [1.807, 2.05) is 91.0 Å². The minimum atomic E-state index is -0.925. The molecule has 256 valence electrons. The summed E-state index contributed by atoms with van der Waals surface area (Å²) >= 11 is 0. The van der Waals surface area contributed by atoms with Gasteiger partial charge in [-0.1, -0.05) is 110 Å². The summed E-state index contributed by atoms with van der Waals surface area (Å²) in [5.41, 5.74) is 8.08. The average Bonchev–Trinajstić information content (AvgIpc) is 3.13. The highest BCUT2D eigenvalue weighted by Crippen LogP contribution is 2.37. The van der Waals surface area contributed by atoms with Gasteiger partial charge in [0.2, 0.25) is 17.7 Å². The lowest BCUT2D eigenvalue weighted by Crippen LogP contribution is -2.48. The van der Waals surface area contributed by atoms with E-state index in [0.717, 1.165) is 35.6 Å². The van der Waals surface area contributed by atoms with Gasteiger partial charge in [-0.15, -0.1) is 0 Å². The second kappa shape index (κ2) is 17.9. The number of benzene rings is 3. The van der Waals surface area contributed by atoms with Crippen LogP contribution in [0.25, 0.3) is 0 Å². The molecule has 0 radical (unpaired) electrons. The number of piperidine rings is 1. The summed E-state index contributed by atoms with van der Waals surface area (Å²) < 4.78 is 0. The molecule has 1 saturated carbocycles. The molecule has 8 heteroatoms. The smallest absolute Gasteiger partial charge is 0.236 e. The summed E-state index contributed by atoms with van der Waals surface area (Å²) in [6.07, 6.45) is 9.62. The highest BCUT2D eigenvalue weighted by Gasteiger charge is 2.38. The number of hydrogen-bond donors (Lipinski definition) is 4. The third-order valence-electron chi connectivity index (χ3n) is 10.0. The van der Waals surface area contributed by atoms with Gasteiger partial charge in [0.05, 0.1) is 6.04 Å². The van der Waals surface area contributed by atoms with Gasteiger partial charge >= 0.3 is 0 Å². The molecule has 0 spiro atoms. The summed E-state index contributed by atoms with van der Waals surface area (Å²) in [4.78, 5) is 41.5. The minimum absolute atomic E-state index is 0.0632. The predicted octanol–water partition coefficient (Wildman–Crippen LogP) is 5.12. The molecule has 0 unspecified atom stereocenters. The zero-order chi connectivity index (χ0) is 33.6. The van der Waals surface area contributed by atoms with E-state index in [2.05, 4.69) is 20.9 Å². The lowest BCUT2D eigenvalue weighted by atomic mass is 9.77. The van der Waals surface area contributed by atoms with Gasteiger partial charge in [-0.25, -0.2) is 0 Å². The van der Waals surface area contributed by atoms with Crippen molar-refractivity contribution < 1.29 is 14.4 Å². The number of likely N-dealkylation sites (tertiary alicyclic amines) is 1. The van der Waals surface area contributed by atoms with Crippen LogP contribution < -0.4 is 21.7 Å². The van der Waals surface area contributed by atoms with E-state index in [1.54, 1.807) is 0 Å². The van der Waals surface area contributed by atoms with E-state index >= 15 is 0 Å². The molecule has 0 aromatic heterocycles. The number of rotatable bonds is 15. The van der Waals surface area contributed by atoms with E-state index in [1.165, 1.54) is 51.6 Å². The van der Waals surface area contributed by atoms with Crippen LogP contribution in [0.1, 0.15) is 80.9 Å². The Morgan fingerprint density at radius 1 is 0.708 bits per heavy atom. The van der Waals surface area contributed by atoms with E-state index in [9.17, 15) is 14.4 Å². The van der Waals surface area contributed by atoms with Crippen LogP contribution in [0.15, 0.2) is 91.0 Å². The first-order valence-electron chi connectivity index (χ1n) is 17.9. The standard InChI is InChI=1S/C40H53N5O3/c41-36(39(48)42-26-25-37(46)43-28-32-16-13-27-45(30-32)29-31-14-5-1-6-15-31)23-24-38(47)44-40(33-17-7-2-8-18-33,34-19-9-3-10-20-34)35-21-11-4-12-22-35/h2-4,7-12,17-22,31-32,36H,1,5-6,13-16,23-30,41H2,(H,42,48)(H,43,46)(H,44,47)/t32-,36+/m1/s1. The molecule has 1 saturated heterocycles. The van der Waals surface area contributed by atoms with Gasteiger partial charge in [-0.05, 0) is 67.2 Å². The number of nitrogens with one attached hydrogen (secondary N) is 3.